The van der Waals surface area contributed by atoms with E-state index in [1.807, 2.05) is 6.92 Å². The van der Waals surface area contributed by atoms with Crippen LogP contribution in [0.4, 0.5) is 13.2 Å². The quantitative estimate of drug-likeness (QED) is 0.686. The van der Waals surface area contributed by atoms with Gasteiger partial charge in [-0.15, -0.1) is 0 Å². The predicted molar refractivity (Wildman–Crippen MR) is 78.3 cm³/mol. The summed E-state index contributed by atoms with van der Waals surface area (Å²) in [6.45, 7) is 1.81. The van der Waals surface area contributed by atoms with E-state index in [4.69, 9.17) is 11.6 Å². The van der Waals surface area contributed by atoms with Gasteiger partial charge in [0.15, 0.2) is 11.3 Å². The molecule has 22 heavy (non-hydrogen) atoms. The van der Waals surface area contributed by atoms with E-state index < -0.39 is 11.9 Å². The summed E-state index contributed by atoms with van der Waals surface area (Å²) in [5.74, 6) is 0. The highest BCUT2D eigenvalue weighted by molar-refractivity contribution is 6.36. The topological polar surface area (TPSA) is 30.7 Å². The van der Waals surface area contributed by atoms with E-state index in [9.17, 15) is 13.2 Å². The number of aryl methyl sites for hydroxylation is 1. The molecule has 7 heteroatoms. The number of rotatable bonds is 2. The Morgan fingerprint density at radius 1 is 1.18 bits per heavy atom. The summed E-state index contributed by atoms with van der Waals surface area (Å²) >= 11 is 6.16. The summed E-state index contributed by atoms with van der Waals surface area (Å²) in [6.07, 6.45) is -2.61. The molecule has 0 saturated carbocycles. The summed E-state index contributed by atoms with van der Waals surface area (Å²) < 4.78 is 41.1. The molecule has 0 saturated heterocycles. The highest BCUT2D eigenvalue weighted by atomic mass is 35.5. The molecule has 0 aliphatic heterocycles. The molecule has 0 unspecified atom stereocenters. The van der Waals surface area contributed by atoms with Gasteiger partial charge in [0.25, 0.3) is 0 Å². The van der Waals surface area contributed by atoms with Crippen molar-refractivity contribution in [1.29, 1.82) is 0 Å². The molecule has 3 aromatic rings. The molecule has 0 fully saturated rings. The fraction of sp³-hybridized carbons (Fsp3) is 0.200. The zero-order valence-corrected chi connectivity index (χ0v) is 12.3. The van der Waals surface area contributed by atoms with Crippen molar-refractivity contribution in [3.05, 3.63) is 52.8 Å². The van der Waals surface area contributed by atoms with Crippen LogP contribution < -0.4 is 0 Å². The first-order valence-electron chi connectivity index (χ1n) is 6.62. The number of fused-ring (bicyclic) bond motifs is 1. The van der Waals surface area contributed by atoms with Crippen molar-refractivity contribution in [2.75, 3.05) is 0 Å². The predicted octanol–water partition coefficient (Wildman–Crippen LogP) is 4.66. The number of para-hydroxylation sites is 1. The number of halogens is 4. The third-order valence-electron chi connectivity index (χ3n) is 3.36. The standard InChI is InChI=1S/C15H11ClF3N3/c1-2-9-8-20-14-11(12(9)16)13(15(17,18)19)21-22(14)10-6-4-3-5-7-10/h3-8H,2H2,1H3. The third kappa shape index (κ3) is 2.33. The maximum Gasteiger partial charge on any atom is 0.435 e. The van der Waals surface area contributed by atoms with E-state index in [1.165, 1.54) is 10.9 Å². The summed E-state index contributed by atoms with van der Waals surface area (Å²) in [6, 6.07) is 8.54. The Hall–Kier alpha value is -2.08. The van der Waals surface area contributed by atoms with E-state index in [1.54, 1.807) is 30.3 Å². The van der Waals surface area contributed by atoms with Crippen molar-refractivity contribution in [2.45, 2.75) is 19.5 Å². The average molecular weight is 326 g/mol. The van der Waals surface area contributed by atoms with E-state index >= 15 is 0 Å². The maximum absolute atomic E-state index is 13.3. The number of pyridine rings is 1. The van der Waals surface area contributed by atoms with Crippen LogP contribution in [-0.4, -0.2) is 14.8 Å². The van der Waals surface area contributed by atoms with Gasteiger partial charge in [-0.2, -0.15) is 18.3 Å². The largest absolute Gasteiger partial charge is 0.435 e. The first-order chi connectivity index (χ1) is 10.4. The van der Waals surface area contributed by atoms with Crippen LogP contribution in [0.2, 0.25) is 5.02 Å². The molecule has 0 N–H and O–H groups in total. The molecular weight excluding hydrogens is 315 g/mol. The molecule has 0 aliphatic rings. The Morgan fingerprint density at radius 2 is 1.86 bits per heavy atom. The fourth-order valence-electron chi connectivity index (χ4n) is 2.28. The molecule has 0 amide bonds. The molecule has 0 atom stereocenters. The van der Waals surface area contributed by atoms with Gasteiger partial charge in [-0.1, -0.05) is 36.7 Å². The van der Waals surface area contributed by atoms with Crippen molar-refractivity contribution >= 4 is 22.6 Å². The summed E-state index contributed by atoms with van der Waals surface area (Å²) in [5.41, 5.74) is 0.142. The van der Waals surface area contributed by atoms with Crippen LogP contribution in [-0.2, 0) is 12.6 Å². The Kier molecular flexibility index (Phi) is 3.56. The number of hydrogen-bond donors (Lipinski definition) is 0. The van der Waals surface area contributed by atoms with Crippen LogP contribution >= 0.6 is 11.6 Å². The lowest BCUT2D eigenvalue weighted by Crippen LogP contribution is -2.07. The highest BCUT2D eigenvalue weighted by Gasteiger charge is 2.38. The van der Waals surface area contributed by atoms with E-state index in [0.717, 1.165) is 0 Å². The molecule has 0 aliphatic carbocycles. The molecule has 2 aromatic heterocycles. The molecule has 114 valence electrons. The minimum Gasteiger partial charge on any atom is -0.236 e. The normalized spacial score (nSPS) is 12.0. The smallest absolute Gasteiger partial charge is 0.236 e. The van der Waals surface area contributed by atoms with Gasteiger partial charge >= 0.3 is 6.18 Å². The number of aromatic nitrogens is 3. The second-order valence-electron chi connectivity index (χ2n) is 4.74. The van der Waals surface area contributed by atoms with Crippen molar-refractivity contribution in [1.82, 2.24) is 14.8 Å². The van der Waals surface area contributed by atoms with Crippen molar-refractivity contribution < 1.29 is 13.2 Å². The van der Waals surface area contributed by atoms with Crippen LogP contribution in [0.5, 0.6) is 0 Å². The molecule has 1 aromatic carbocycles. The minimum atomic E-state index is -4.60. The summed E-state index contributed by atoms with van der Waals surface area (Å²) in [4.78, 5) is 4.14. The lowest BCUT2D eigenvalue weighted by Gasteiger charge is -2.05. The molecular formula is C15H11ClF3N3. The van der Waals surface area contributed by atoms with Gasteiger partial charge in [-0.25, -0.2) is 9.67 Å². The van der Waals surface area contributed by atoms with Crippen molar-refractivity contribution in [3.8, 4) is 5.69 Å². The molecule has 0 radical (unpaired) electrons. The molecule has 2 heterocycles. The Balaban J connectivity index is 2.39. The van der Waals surface area contributed by atoms with E-state index in [2.05, 4.69) is 10.1 Å². The van der Waals surface area contributed by atoms with Gasteiger partial charge in [0.1, 0.15) is 0 Å². The van der Waals surface area contributed by atoms with Gasteiger partial charge in [0, 0.05) is 6.20 Å². The monoisotopic (exact) mass is 325 g/mol. The fourth-order valence-corrected chi connectivity index (χ4v) is 2.64. The van der Waals surface area contributed by atoms with Gasteiger partial charge in [-0.05, 0) is 24.1 Å². The van der Waals surface area contributed by atoms with Crippen molar-refractivity contribution in [3.63, 3.8) is 0 Å². The third-order valence-corrected chi connectivity index (χ3v) is 3.79. The summed E-state index contributed by atoms with van der Waals surface area (Å²) in [5, 5.41) is 3.61. The number of hydrogen-bond acceptors (Lipinski definition) is 2. The number of alkyl halides is 3. The van der Waals surface area contributed by atoms with Gasteiger partial charge in [0.2, 0.25) is 0 Å². The van der Waals surface area contributed by atoms with Crippen LogP contribution in [0, 0.1) is 0 Å². The molecule has 0 bridgehead atoms. The van der Waals surface area contributed by atoms with E-state index in [-0.39, 0.29) is 16.1 Å². The van der Waals surface area contributed by atoms with Crippen LogP contribution in [0.15, 0.2) is 36.5 Å². The van der Waals surface area contributed by atoms with Gasteiger partial charge in [0.05, 0.1) is 16.1 Å². The Bertz CT molecular complexity index is 825. The van der Waals surface area contributed by atoms with Crippen LogP contribution in [0.1, 0.15) is 18.2 Å². The second-order valence-corrected chi connectivity index (χ2v) is 5.12. The SMILES string of the molecule is CCc1cnc2c(c(C(F)(F)F)nn2-c2ccccc2)c1Cl. The average Bonchev–Trinajstić information content (AvgIpc) is 2.89. The first kappa shape index (κ1) is 14.8. The lowest BCUT2D eigenvalue weighted by molar-refractivity contribution is -0.140. The van der Waals surface area contributed by atoms with E-state index in [0.29, 0.717) is 17.7 Å². The van der Waals surface area contributed by atoms with Gasteiger partial charge in [-0.3, -0.25) is 0 Å². The first-order valence-corrected chi connectivity index (χ1v) is 7.00. The Morgan fingerprint density at radius 3 is 2.45 bits per heavy atom. The lowest BCUT2D eigenvalue weighted by atomic mass is 10.1. The highest BCUT2D eigenvalue weighted by Crippen LogP contribution is 2.38. The maximum atomic E-state index is 13.3. The van der Waals surface area contributed by atoms with Crippen molar-refractivity contribution in [2.24, 2.45) is 0 Å². The Labute approximate surface area is 129 Å². The summed E-state index contributed by atoms with van der Waals surface area (Å²) in [7, 11) is 0. The van der Waals surface area contributed by atoms with Crippen LogP contribution in [0.3, 0.4) is 0 Å². The molecule has 3 rings (SSSR count). The van der Waals surface area contributed by atoms with Gasteiger partial charge < -0.3 is 0 Å². The number of benzene rings is 1. The zero-order valence-electron chi connectivity index (χ0n) is 11.5. The minimum absolute atomic E-state index is 0.0574. The zero-order chi connectivity index (χ0) is 15.9. The van der Waals surface area contributed by atoms with Crippen LogP contribution in [0.25, 0.3) is 16.7 Å². The molecule has 0 spiro atoms. The number of nitrogens with zero attached hydrogens (tertiary/aromatic N) is 3. The second kappa shape index (κ2) is 5.28. The molecule has 3 nitrogen and oxygen atoms in total.